The SMILES string of the molecule is CC1CC(NC(C)c2ccc(F)cc2F)CC(C)(C)C1. The van der Waals surface area contributed by atoms with Gasteiger partial charge >= 0.3 is 0 Å². The molecule has 0 spiro atoms. The monoisotopic (exact) mass is 281 g/mol. The summed E-state index contributed by atoms with van der Waals surface area (Å²) in [4.78, 5) is 0. The lowest BCUT2D eigenvalue weighted by Gasteiger charge is -2.40. The van der Waals surface area contributed by atoms with Crippen molar-refractivity contribution in [3.05, 3.63) is 35.4 Å². The second kappa shape index (κ2) is 5.80. The van der Waals surface area contributed by atoms with E-state index >= 15 is 0 Å². The van der Waals surface area contributed by atoms with E-state index in [-0.39, 0.29) is 6.04 Å². The first-order valence-corrected chi connectivity index (χ1v) is 7.48. The molecule has 3 unspecified atom stereocenters. The maximum Gasteiger partial charge on any atom is 0.130 e. The molecule has 3 atom stereocenters. The van der Waals surface area contributed by atoms with Gasteiger partial charge in [-0.25, -0.2) is 8.78 Å². The molecule has 0 bridgehead atoms. The van der Waals surface area contributed by atoms with Crippen LogP contribution in [0, 0.1) is 23.0 Å². The molecule has 1 fully saturated rings. The maximum atomic E-state index is 13.8. The van der Waals surface area contributed by atoms with Crippen molar-refractivity contribution in [3.8, 4) is 0 Å². The Balaban J connectivity index is 2.05. The van der Waals surface area contributed by atoms with Crippen LogP contribution in [-0.4, -0.2) is 6.04 Å². The van der Waals surface area contributed by atoms with Gasteiger partial charge in [0, 0.05) is 23.7 Å². The molecule has 112 valence electrons. The minimum atomic E-state index is -0.522. The van der Waals surface area contributed by atoms with Gasteiger partial charge in [0.2, 0.25) is 0 Å². The van der Waals surface area contributed by atoms with Crippen LogP contribution < -0.4 is 5.32 Å². The summed E-state index contributed by atoms with van der Waals surface area (Å²) in [7, 11) is 0. The third kappa shape index (κ3) is 3.78. The van der Waals surface area contributed by atoms with E-state index in [9.17, 15) is 8.78 Å². The van der Waals surface area contributed by atoms with E-state index in [4.69, 9.17) is 0 Å². The Bertz CT molecular complexity index is 470. The van der Waals surface area contributed by atoms with E-state index in [0.29, 0.717) is 22.9 Å². The standard InChI is InChI=1S/C17H25F2N/c1-11-7-14(10-17(3,4)9-11)20-12(2)15-6-5-13(18)8-16(15)19/h5-6,8,11-12,14,20H,7,9-10H2,1-4H3. The summed E-state index contributed by atoms with van der Waals surface area (Å²) in [6.07, 6.45) is 3.46. The molecule has 1 aliphatic rings. The summed E-state index contributed by atoms with van der Waals surface area (Å²) < 4.78 is 26.8. The normalized spacial score (nSPS) is 27.3. The zero-order valence-corrected chi connectivity index (χ0v) is 12.8. The van der Waals surface area contributed by atoms with Crippen LogP contribution in [0.15, 0.2) is 18.2 Å². The van der Waals surface area contributed by atoms with Gasteiger partial charge in [-0.05, 0) is 43.6 Å². The zero-order valence-electron chi connectivity index (χ0n) is 12.8. The van der Waals surface area contributed by atoms with Gasteiger partial charge in [-0.1, -0.05) is 26.8 Å². The molecule has 1 aromatic rings. The van der Waals surface area contributed by atoms with Crippen LogP contribution in [0.3, 0.4) is 0 Å². The van der Waals surface area contributed by atoms with Crippen molar-refractivity contribution in [1.82, 2.24) is 5.32 Å². The lowest BCUT2D eigenvalue weighted by molar-refractivity contribution is 0.145. The summed E-state index contributed by atoms with van der Waals surface area (Å²) in [5.41, 5.74) is 0.874. The number of benzene rings is 1. The maximum absolute atomic E-state index is 13.8. The van der Waals surface area contributed by atoms with Crippen molar-refractivity contribution >= 4 is 0 Å². The second-order valence-corrected chi connectivity index (χ2v) is 7.16. The molecular formula is C17H25F2N. The molecule has 0 aliphatic heterocycles. The van der Waals surface area contributed by atoms with Crippen LogP contribution in [0.4, 0.5) is 8.78 Å². The Hall–Kier alpha value is -0.960. The molecule has 0 radical (unpaired) electrons. The molecule has 1 aliphatic carbocycles. The fraction of sp³-hybridized carbons (Fsp3) is 0.647. The van der Waals surface area contributed by atoms with Crippen LogP contribution in [-0.2, 0) is 0 Å². The highest BCUT2D eigenvalue weighted by Gasteiger charge is 2.32. The van der Waals surface area contributed by atoms with Gasteiger partial charge in [0.25, 0.3) is 0 Å². The lowest BCUT2D eigenvalue weighted by atomic mass is 9.70. The fourth-order valence-corrected chi connectivity index (χ4v) is 3.77. The van der Waals surface area contributed by atoms with E-state index < -0.39 is 11.6 Å². The highest BCUT2D eigenvalue weighted by molar-refractivity contribution is 5.21. The zero-order chi connectivity index (χ0) is 14.9. The molecular weight excluding hydrogens is 256 g/mol. The highest BCUT2D eigenvalue weighted by atomic mass is 19.1. The molecule has 1 saturated carbocycles. The quantitative estimate of drug-likeness (QED) is 0.836. The lowest BCUT2D eigenvalue weighted by Crippen LogP contribution is -2.41. The van der Waals surface area contributed by atoms with Gasteiger partial charge in [0.1, 0.15) is 11.6 Å². The molecule has 1 aromatic carbocycles. The van der Waals surface area contributed by atoms with Crippen LogP contribution in [0.5, 0.6) is 0 Å². The average Bonchev–Trinajstić information content (AvgIpc) is 2.25. The molecule has 0 heterocycles. The fourth-order valence-electron chi connectivity index (χ4n) is 3.77. The molecule has 20 heavy (non-hydrogen) atoms. The topological polar surface area (TPSA) is 12.0 Å². The molecule has 1 nitrogen and oxygen atoms in total. The second-order valence-electron chi connectivity index (χ2n) is 7.16. The van der Waals surface area contributed by atoms with E-state index in [1.165, 1.54) is 12.5 Å². The van der Waals surface area contributed by atoms with Crippen LogP contribution >= 0.6 is 0 Å². The Morgan fingerprint density at radius 1 is 1.25 bits per heavy atom. The Kier molecular flexibility index (Phi) is 4.48. The minimum Gasteiger partial charge on any atom is -0.307 e. The predicted molar refractivity (Wildman–Crippen MR) is 78.5 cm³/mol. The number of hydrogen-bond acceptors (Lipinski definition) is 1. The molecule has 0 saturated heterocycles. The third-order valence-electron chi connectivity index (χ3n) is 4.30. The smallest absolute Gasteiger partial charge is 0.130 e. The third-order valence-corrected chi connectivity index (χ3v) is 4.30. The number of halogens is 2. The van der Waals surface area contributed by atoms with E-state index in [2.05, 4.69) is 26.1 Å². The van der Waals surface area contributed by atoms with Crippen LogP contribution in [0.25, 0.3) is 0 Å². The molecule has 2 rings (SSSR count). The minimum absolute atomic E-state index is 0.0956. The Morgan fingerprint density at radius 3 is 2.55 bits per heavy atom. The first kappa shape index (κ1) is 15.4. The molecule has 1 N–H and O–H groups in total. The summed E-state index contributed by atoms with van der Waals surface area (Å²) in [6, 6.07) is 4.12. The van der Waals surface area contributed by atoms with Gasteiger partial charge < -0.3 is 5.32 Å². The van der Waals surface area contributed by atoms with Crippen LogP contribution in [0.2, 0.25) is 0 Å². The molecule has 3 heteroatoms. The van der Waals surface area contributed by atoms with Crippen molar-refractivity contribution in [2.75, 3.05) is 0 Å². The summed E-state index contributed by atoms with van der Waals surface area (Å²) in [5, 5.41) is 3.52. The van der Waals surface area contributed by atoms with E-state index in [1.54, 1.807) is 6.07 Å². The van der Waals surface area contributed by atoms with Crippen LogP contribution in [0.1, 0.15) is 58.6 Å². The van der Waals surface area contributed by atoms with E-state index in [1.807, 2.05) is 6.92 Å². The van der Waals surface area contributed by atoms with Gasteiger partial charge in [0.05, 0.1) is 0 Å². The average molecular weight is 281 g/mol. The van der Waals surface area contributed by atoms with Crippen molar-refractivity contribution < 1.29 is 8.78 Å². The number of rotatable bonds is 3. The molecule has 0 aromatic heterocycles. The molecule has 0 amide bonds. The van der Waals surface area contributed by atoms with Gasteiger partial charge in [-0.3, -0.25) is 0 Å². The van der Waals surface area contributed by atoms with Crippen molar-refractivity contribution in [2.24, 2.45) is 11.3 Å². The largest absolute Gasteiger partial charge is 0.307 e. The predicted octanol–water partition coefficient (Wildman–Crippen LogP) is 4.83. The summed E-state index contributed by atoms with van der Waals surface area (Å²) >= 11 is 0. The summed E-state index contributed by atoms with van der Waals surface area (Å²) in [5.74, 6) is -0.305. The van der Waals surface area contributed by atoms with E-state index in [0.717, 1.165) is 18.9 Å². The number of nitrogens with one attached hydrogen (secondary N) is 1. The van der Waals surface area contributed by atoms with Gasteiger partial charge in [-0.2, -0.15) is 0 Å². The van der Waals surface area contributed by atoms with Gasteiger partial charge in [0.15, 0.2) is 0 Å². The van der Waals surface area contributed by atoms with Crippen molar-refractivity contribution in [3.63, 3.8) is 0 Å². The van der Waals surface area contributed by atoms with Crippen molar-refractivity contribution in [2.45, 2.75) is 59.0 Å². The first-order chi connectivity index (χ1) is 9.27. The van der Waals surface area contributed by atoms with Gasteiger partial charge in [-0.15, -0.1) is 0 Å². The Morgan fingerprint density at radius 2 is 1.95 bits per heavy atom. The highest BCUT2D eigenvalue weighted by Crippen LogP contribution is 2.39. The summed E-state index contributed by atoms with van der Waals surface area (Å²) in [6.45, 7) is 8.81. The number of hydrogen-bond donors (Lipinski definition) is 1. The van der Waals surface area contributed by atoms with Crippen molar-refractivity contribution in [1.29, 1.82) is 0 Å². The first-order valence-electron chi connectivity index (χ1n) is 7.48. The Labute approximate surface area is 120 Å².